The van der Waals surface area contributed by atoms with Crippen LogP contribution in [0.2, 0.25) is 0 Å². The number of hydrogen-bond acceptors (Lipinski definition) is 3. The molecule has 0 spiro atoms. The number of amides is 1. The third-order valence-electron chi connectivity index (χ3n) is 4.72. The van der Waals surface area contributed by atoms with Gasteiger partial charge in [-0.25, -0.2) is 5.10 Å². The number of H-pyrrole nitrogens is 1. The Morgan fingerprint density at radius 3 is 2.78 bits per heavy atom. The molecule has 0 radical (unpaired) electrons. The van der Waals surface area contributed by atoms with E-state index in [2.05, 4.69) is 27.7 Å². The number of carbonyl (C=O) groups is 1. The molecule has 2 aromatic rings. The Balaban J connectivity index is 1.52. The number of benzene rings is 1. The highest BCUT2D eigenvalue weighted by molar-refractivity contribution is 5.93. The Morgan fingerprint density at radius 2 is 2.09 bits per heavy atom. The van der Waals surface area contributed by atoms with Crippen molar-refractivity contribution in [1.82, 2.24) is 10.2 Å². The molecule has 2 N–H and O–H groups in total. The van der Waals surface area contributed by atoms with E-state index in [1.54, 1.807) is 6.07 Å². The van der Waals surface area contributed by atoms with Crippen LogP contribution in [0.15, 0.2) is 53.3 Å². The minimum atomic E-state index is -0.234. The monoisotopic (exact) mass is 307 g/mol. The number of hydrogen-bond donors (Lipinski definition) is 2. The Labute approximate surface area is 133 Å². The van der Waals surface area contributed by atoms with Crippen molar-refractivity contribution in [1.29, 1.82) is 0 Å². The molecule has 1 fully saturated rings. The largest absolute Gasteiger partial charge is 0.326 e. The average Bonchev–Trinajstić information content (AvgIpc) is 3.19. The average molecular weight is 307 g/mol. The molecule has 1 saturated carbocycles. The number of nitrogens with zero attached hydrogens (tertiary/aromatic N) is 1. The number of anilines is 1. The maximum absolute atomic E-state index is 12.5. The lowest BCUT2D eigenvalue weighted by Crippen LogP contribution is -2.25. The van der Waals surface area contributed by atoms with E-state index >= 15 is 0 Å². The highest BCUT2D eigenvalue weighted by Crippen LogP contribution is 2.43. The van der Waals surface area contributed by atoms with Crippen LogP contribution in [-0.2, 0) is 4.79 Å². The first-order valence-corrected chi connectivity index (χ1v) is 7.84. The second-order valence-electron chi connectivity index (χ2n) is 6.26. The van der Waals surface area contributed by atoms with Crippen LogP contribution in [0.4, 0.5) is 5.69 Å². The molecular formula is C18H17N3O2. The summed E-state index contributed by atoms with van der Waals surface area (Å²) >= 11 is 0. The molecule has 2 aliphatic carbocycles. The smallest absolute Gasteiger partial charge is 0.264 e. The molecule has 0 unspecified atom stereocenters. The van der Waals surface area contributed by atoms with Crippen molar-refractivity contribution in [3.63, 3.8) is 0 Å². The van der Waals surface area contributed by atoms with Gasteiger partial charge in [-0.1, -0.05) is 24.3 Å². The van der Waals surface area contributed by atoms with Crippen LogP contribution >= 0.6 is 0 Å². The van der Waals surface area contributed by atoms with Gasteiger partial charge in [-0.05, 0) is 42.9 Å². The van der Waals surface area contributed by atoms with E-state index in [-0.39, 0.29) is 17.4 Å². The van der Waals surface area contributed by atoms with Crippen molar-refractivity contribution in [2.24, 2.45) is 17.8 Å². The summed E-state index contributed by atoms with van der Waals surface area (Å²) in [6.45, 7) is 0. The first-order chi connectivity index (χ1) is 11.2. The van der Waals surface area contributed by atoms with Gasteiger partial charge in [-0.3, -0.25) is 9.59 Å². The molecule has 5 heteroatoms. The molecule has 5 nitrogen and oxygen atoms in total. The minimum Gasteiger partial charge on any atom is -0.326 e. The van der Waals surface area contributed by atoms with E-state index in [4.69, 9.17) is 0 Å². The van der Waals surface area contributed by atoms with E-state index in [0.29, 0.717) is 17.5 Å². The predicted octanol–water partition coefficient (Wildman–Crippen LogP) is 2.59. The molecule has 1 aromatic carbocycles. The summed E-state index contributed by atoms with van der Waals surface area (Å²) in [5, 5.41) is 9.46. The molecule has 2 bridgehead atoms. The van der Waals surface area contributed by atoms with Gasteiger partial charge in [0.2, 0.25) is 5.91 Å². The van der Waals surface area contributed by atoms with Gasteiger partial charge < -0.3 is 5.32 Å². The molecular weight excluding hydrogens is 290 g/mol. The van der Waals surface area contributed by atoms with Gasteiger partial charge in [0.25, 0.3) is 5.56 Å². The predicted molar refractivity (Wildman–Crippen MR) is 87.8 cm³/mol. The zero-order valence-electron chi connectivity index (χ0n) is 12.5. The van der Waals surface area contributed by atoms with Crippen molar-refractivity contribution >= 4 is 11.6 Å². The van der Waals surface area contributed by atoms with Crippen molar-refractivity contribution in [3.8, 4) is 11.3 Å². The van der Waals surface area contributed by atoms with Crippen LogP contribution < -0.4 is 10.9 Å². The standard InChI is InChI=1S/C18H17N3O2/c22-17-7-6-16(20-21-17)13-2-1-3-14(10-13)19-18(23)15-9-11-4-5-12(15)8-11/h1-7,10-12,15H,8-9H2,(H,19,23)(H,21,22)/t11-,12-,15-/m0/s1. The summed E-state index contributed by atoms with van der Waals surface area (Å²) in [6.07, 6.45) is 6.48. The summed E-state index contributed by atoms with van der Waals surface area (Å²) in [5.41, 5.74) is 2.05. The lowest BCUT2D eigenvalue weighted by molar-refractivity contribution is -0.120. The van der Waals surface area contributed by atoms with Crippen LogP contribution in [0, 0.1) is 17.8 Å². The summed E-state index contributed by atoms with van der Waals surface area (Å²) in [6, 6.07) is 10.6. The molecule has 2 aliphatic rings. The summed E-state index contributed by atoms with van der Waals surface area (Å²) in [7, 11) is 0. The van der Waals surface area contributed by atoms with Crippen molar-refractivity contribution in [2.45, 2.75) is 12.8 Å². The number of nitrogens with one attached hydrogen (secondary N) is 2. The molecule has 4 rings (SSSR count). The molecule has 1 aromatic heterocycles. The van der Waals surface area contributed by atoms with E-state index < -0.39 is 0 Å². The summed E-state index contributed by atoms with van der Waals surface area (Å²) in [5.74, 6) is 1.14. The molecule has 0 aliphatic heterocycles. The van der Waals surface area contributed by atoms with Crippen LogP contribution in [-0.4, -0.2) is 16.1 Å². The van der Waals surface area contributed by atoms with Gasteiger partial charge in [-0.2, -0.15) is 5.10 Å². The maximum Gasteiger partial charge on any atom is 0.264 e. The minimum absolute atomic E-state index is 0.0832. The fraction of sp³-hybridized carbons (Fsp3) is 0.278. The van der Waals surface area contributed by atoms with Gasteiger partial charge in [0.05, 0.1) is 5.69 Å². The molecule has 1 amide bonds. The van der Waals surface area contributed by atoms with Gasteiger partial charge in [0.1, 0.15) is 0 Å². The Hall–Kier alpha value is -2.69. The molecule has 3 atom stereocenters. The maximum atomic E-state index is 12.5. The second kappa shape index (κ2) is 5.50. The number of aromatic amines is 1. The zero-order valence-corrected chi connectivity index (χ0v) is 12.5. The van der Waals surface area contributed by atoms with Crippen LogP contribution in [0.25, 0.3) is 11.3 Å². The second-order valence-corrected chi connectivity index (χ2v) is 6.26. The Bertz CT molecular complexity index is 820. The van der Waals surface area contributed by atoms with Crippen molar-refractivity contribution in [3.05, 3.63) is 58.9 Å². The van der Waals surface area contributed by atoms with Crippen LogP contribution in [0.5, 0.6) is 0 Å². The van der Waals surface area contributed by atoms with Gasteiger partial charge in [-0.15, -0.1) is 0 Å². The number of allylic oxidation sites excluding steroid dienone is 2. The zero-order chi connectivity index (χ0) is 15.8. The highest BCUT2D eigenvalue weighted by atomic mass is 16.2. The number of aromatic nitrogens is 2. The first kappa shape index (κ1) is 13.9. The van der Waals surface area contributed by atoms with Gasteiger partial charge in [0.15, 0.2) is 0 Å². The van der Waals surface area contributed by atoms with Gasteiger partial charge >= 0.3 is 0 Å². The van der Waals surface area contributed by atoms with Gasteiger partial charge in [0, 0.05) is 23.2 Å². The number of carbonyl (C=O) groups excluding carboxylic acids is 1. The topological polar surface area (TPSA) is 74.8 Å². The lowest BCUT2D eigenvalue weighted by Gasteiger charge is -2.17. The molecule has 23 heavy (non-hydrogen) atoms. The van der Waals surface area contributed by atoms with Crippen molar-refractivity contribution in [2.75, 3.05) is 5.32 Å². The lowest BCUT2D eigenvalue weighted by atomic mass is 9.93. The van der Waals surface area contributed by atoms with Crippen LogP contribution in [0.3, 0.4) is 0 Å². The molecule has 0 saturated heterocycles. The SMILES string of the molecule is O=C(Nc1cccc(-c2ccc(=O)[nH]n2)c1)[C@H]1C[C@H]2C=C[C@H]1C2. The highest BCUT2D eigenvalue weighted by Gasteiger charge is 2.39. The Morgan fingerprint density at radius 1 is 1.17 bits per heavy atom. The third-order valence-corrected chi connectivity index (χ3v) is 4.72. The normalized spacial score (nSPS) is 24.8. The van der Waals surface area contributed by atoms with Crippen LogP contribution in [0.1, 0.15) is 12.8 Å². The van der Waals surface area contributed by atoms with E-state index in [9.17, 15) is 9.59 Å². The number of rotatable bonds is 3. The first-order valence-electron chi connectivity index (χ1n) is 7.84. The quantitative estimate of drug-likeness (QED) is 0.856. The summed E-state index contributed by atoms with van der Waals surface area (Å²) in [4.78, 5) is 23.6. The fourth-order valence-electron chi connectivity index (χ4n) is 3.58. The van der Waals surface area contributed by atoms with E-state index in [0.717, 1.165) is 24.1 Å². The van der Waals surface area contributed by atoms with Crippen molar-refractivity contribution < 1.29 is 4.79 Å². The third kappa shape index (κ3) is 2.70. The fourth-order valence-corrected chi connectivity index (χ4v) is 3.58. The molecule has 116 valence electrons. The van der Waals surface area contributed by atoms with E-state index in [1.807, 2.05) is 24.3 Å². The molecule has 1 heterocycles. The summed E-state index contributed by atoms with van der Waals surface area (Å²) < 4.78 is 0. The van der Waals surface area contributed by atoms with E-state index in [1.165, 1.54) is 6.07 Å². The number of fused-ring (bicyclic) bond motifs is 2. The Kier molecular flexibility index (Phi) is 3.33.